The number of anilines is 2. The molecule has 0 spiro atoms. The number of rotatable bonds is 5. The van der Waals surface area contributed by atoms with Crippen LogP contribution in [-0.4, -0.2) is 41.4 Å². The summed E-state index contributed by atoms with van der Waals surface area (Å²) in [5.74, 6) is -0.833. The lowest BCUT2D eigenvalue weighted by Crippen LogP contribution is -2.37. The number of hydrazone groups is 1. The Balaban J connectivity index is 1.16. The second kappa shape index (κ2) is 11.1. The highest BCUT2D eigenvalue weighted by Gasteiger charge is 2.26. The van der Waals surface area contributed by atoms with Gasteiger partial charge in [-0.05, 0) is 92.3 Å². The number of hydrogen-bond donors (Lipinski definition) is 1. The first-order valence-electron chi connectivity index (χ1n) is 12.8. The quantitative estimate of drug-likeness (QED) is 0.379. The van der Waals surface area contributed by atoms with Gasteiger partial charge in [-0.25, -0.2) is 9.40 Å². The fraction of sp³-hybridized carbons (Fsp3) is 0.267. The molecule has 1 fully saturated rings. The minimum Gasteiger partial charge on any atom is -0.339 e. The normalized spacial score (nSPS) is 15.9. The molecule has 5 rings (SSSR count). The minimum atomic E-state index is -0.540. The lowest BCUT2D eigenvalue weighted by Gasteiger charge is -2.32. The number of nitrogens with one attached hydrogen (secondary N) is 1. The summed E-state index contributed by atoms with van der Waals surface area (Å²) in [5.41, 5.74) is 4.14. The number of hydrogen-bond acceptors (Lipinski definition) is 4. The lowest BCUT2D eigenvalue weighted by molar-refractivity contribution is -0.116. The van der Waals surface area contributed by atoms with E-state index in [1.54, 1.807) is 37.3 Å². The molecule has 0 radical (unpaired) electrons. The number of amides is 3. The standard InChI is InChI=1S/C30H28BrFN4O3/c1-18-17-27(37)36(34-18)24-9-5-22(6-10-24)30(39)35-15-13-21(14-16-35)20-3-7-23(8-4-20)33-29(38)25-11-12-26(31)19(2)28(25)32/h3-12,21H,13-17H2,1-2H3,(H,33,38). The molecular weight excluding hydrogens is 563 g/mol. The molecule has 2 aliphatic heterocycles. The van der Waals surface area contributed by atoms with Gasteiger partial charge in [-0.2, -0.15) is 5.10 Å². The van der Waals surface area contributed by atoms with Crippen molar-refractivity contribution in [2.24, 2.45) is 5.10 Å². The summed E-state index contributed by atoms with van der Waals surface area (Å²) in [7, 11) is 0. The molecule has 0 bridgehead atoms. The molecule has 1 N–H and O–H groups in total. The Hall–Kier alpha value is -3.85. The molecule has 200 valence electrons. The number of likely N-dealkylation sites (tertiary alicyclic amines) is 1. The average Bonchev–Trinajstić information content (AvgIpc) is 3.29. The number of nitrogens with zero attached hydrogens (tertiary/aromatic N) is 3. The van der Waals surface area contributed by atoms with Crippen LogP contribution in [0.2, 0.25) is 0 Å². The Kier molecular flexibility index (Phi) is 7.61. The predicted octanol–water partition coefficient (Wildman–Crippen LogP) is 6.28. The second-order valence-electron chi connectivity index (χ2n) is 9.94. The smallest absolute Gasteiger partial charge is 0.258 e. The number of benzene rings is 3. The zero-order chi connectivity index (χ0) is 27.7. The molecule has 0 atom stereocenters. The molecule has 3 aromatic carbocycles. The van der Waals surface area contributed by atoms with Gasteiger partial charge in [0.05, 0.1) is 17.7 Å². The van der Waals surface area contributed by atoms with E-state index in [0.29, 0.717) is 52.4 Å². The van der Waals surface area contributed by atoms with E-state index in [1.165, 1.54) is 11.1 Å². The largest absolute Gasteiger partial charge is 0.339 e. The highest BCUT2D eigenvalue weighted by atomic mass is 79.9. The monoisotopic (exact) mass is 590 g/mol. The maximum Gasteiger partial charge on any atom is 0.258 e. The zero-order valence-corrected chi connectivity index (χ0v) is 23.3. The van der Waals surface area contributed by atoms with Gasteiger partial charge in [0.1, 0.15) is 5.82 Å². The van der Waals surface area contributed by atoms with Crippen molar-refractivity contribution in [3.63, 3.8) is 0 Å². The van der Waals surface area contributed by atoms with Crippen LogP contribution in [0, 0.1) is 12.7 Å². The van der Waals surface area contributed by atoms with Crippen molar-refractivity contribution >= 4 is 50.7 Å². The molecule has 3 amide bonds. The summed E-state index contributed by atoms with van der Waals surface area (Å²) < 4.78 is 15.1. The molecular formula is C30H28BrFN4O3. The van der Waals surface area contributed by atoms with E-state index in [2.05, 4.69) is 26.3 Å². The van der Waals surface area contributed by atoms with Crippen molar-refractivity contribution in [2.45, 2.75) is 39.0 Å². The van der Waals surface area contributed by atoms with Crippen LogP contribution in [-0.2, 0) is 4.79 Å². The van der Waals surface area contributed by atoms with Crippen LogP contribution in [0.3, 0.4) is 0 Å². The zero-order valence-electron chi connectivity index (χ0n) is 21.7. The summed E-state index contributed by atoms with van der Waals surface area (Å²) in [6.45, 7) is 4.72. The van der Waals surface area contributed by atoms with Crippen LogP contribution in [0.25, 0.3) is 0 Å². The first-order chi connectivity index (χ1) is 18.7. The van der Waals surface area contributed by atoms with Crippen LogP contribution in [0.5, 0.6) is 0 Å². The summed E-state index contributed by atoms with van der Waals surface area (Å²) in [5, 5.41) is 8.40. The van der Waals surface area contributed by atoms with E-state index in [1.807, 2.05) is 36.1 Å². The van der Waals surface area contributed by atoms with Crippen molar-refractivity contribution in [3.8, 4) is 0 Å². The van der Waals surface area contributed by atoms with Crippen LogP contribution >= 0.6 is 15.9 Å². The number of piperidine rings is 1. The number of halogens is 2. The molecule has 39 heavy (non-hydrogen) atoms. The third-order valence-corrected chi connectivity index (χ3v) is 8.12. The molecule has 0 saturated carbocycles. The van der Waals surface area contributed by atoms with Gasteiger partial charge in [0.15, 0.2) is 0 Å². The Morgan fingerprint density at radius 2 is 1.64 bits per heavy atom. The SMILES string of the molecule is CC1=NN(c2ccc(C(=O)N3CCC(c4ccc(NC(=O)c5ccc(Br)c(C)c5F)cc4)CC3)cc2)C(=O)C1. The third-order valence-electron chi connectivity index (χ3n) is 7.26. The molecule has 0 aliphatic carbocycles. The van der Waals surface area contributed by atoms with Crippen molar-refractivity contribution in [3.05, 3.63) is 93.2 Å². The first kappa shape index (κ1) is 26.7. The van der Waals surface area contributed by atoms with Gasteiger partial charge in [0.2, 0.25) is 0 Å². The minimum absolute atomic E-state index is 0.000379. The Morgan fingerprint density at radius 3 is 2.26 bits per heavy atom. The highest BCUT2D eigenvalue weighted by Crippen LogP contribution is 2.30. The van der Waals surface area contributed by atoms with E-state index in [9.17, 15) is 18.8 Å². The van der Waals surface area contributed by atoms with Crippen molar-refractivity contribution in [2.75, 3.05) is 23.4 Å². The topological polar surface area (TPSA) is 82.1 Å². The van der Waals surface area contributed by atoms with Gasteiger partial charge in [0, 0.05) is 34.5 Å². The van der Waals surface area contributed by atoms with E-state index < -0.39 is 11.7 Å². The van der Waals surface area contributed by atoms with E-state index in [-0.39, 0.29) is 17.4 Å². The van der Waals surface area contributed by atoms with Crippen LogP contribution in [0.1, 0.15) is 63.9 Å². The van der Waals surface area contributed by atoms with E-state index in [4.69, 9.17) is 0 Å². The third kappa shape index (κ3) is 5.63. The Labute approximate surface area is 234 Å². The van der Waals surface area contributed by atoms with Gasteiger partial charge >= 0.3 is 0 Å². The Bertz CT molecular complexity index is 1460. The van der Waals surface area contributed by atoms with Crippen LogP contribution in [0.4, 0.5) is 15.8 Å². The van der Waals surface area contributed by atoms with Crippen molar-refractivity contribution in [1.82, 2.24) is 4.90 Å². The number of carbonyl (C=O) groups excluding carboxylic acids is 3. The second-order valence-corrected chi connectivity index (χ2v) is 10.8. The lowest BCUT2D eigenvalue weighted by atomic mass is 9.89. The maximum absolute atomic E-state index is 14.5. The first-order valence-corrected chi connectivity index (χ1v) is 13.6. The van der Waals surface area contributed by atoms with Crippen molar-refractivity contribution in [1.29, 1.82) is 0 Å². The molecule has 0 unspecified atom stereocenters. The summed E-state index contributed by atoms with van der Waals surface area (Å²) in [6, 6.07) is 17.7. The highest BCUT2D eigenvalue weighted by molar-refractivity contribution is 9.10. The average molecular weight is 591 g/mol. The molecule has 2 heterocycles. The molecule has 2 aliphatic rings. The fourth-order valence-electron chi connectivity index (χ4n) is 4.97. The van der Waals surface area contributed by atoms with E-state index >= 15 is 0 Å². The van der Waals surface area contributed by atoms with E-state index in [0.717, 1.165) is 24.1 Å². The Morgan fingerprint density at radius 1 is 0.974 bits per heavy atom. The van der Waals surface area contributed by atoms with Crippen molar-refractivity contribution < 1.29 is 18.8 Å². The van der Waals surface area contributed by atoms with Gasteiger partial charge in [-0.3, -0.25) is 14.4 Å². The van der Waals surface area contributed by atoms with Crippen LogP contribution in [0.15, 0.2) is 70.2 Å². The summed E-state index contributed by atoms with van der Waals surface area (Å²) in [4.78, 5) is 39.6. The van der Waals surface area contributed by atoms with Gasteiger partial charge in [0.25, 0.3) is 17.7 Å². The molecule has 3 aromatic rings. The predicted molar refractivity (Wildman–Crippen MR) is 153 cm³/mol. The summed E-state index contributed by atoms with van der Waals surface area (Å²) >= 11 is 3.27. The number of carbonyl (C=O) groups is 3. The molecule has 1 saturated heterocycles. The maximum atomic E-state index is 14.5. The van der Waals surface area contributed by atoms with Gasteiger partial charge in [-0.15, -0.1) is 0 Å². The molecule has 0 aromatic heterocycles. The van der Waals surface area contributed by atoms with Crippen LogP contribution < -0.4 is 10.3 Å². The summed E-state index contributed by atoms with van der Waals surface area (Å²) in [6.07, 6.45) is 1.98. The van der Waals surface area contributed by atoms with Gasteiger partial charge < -0.3 is 10.2 Å². The van der Waals surface area contributed by atoms with Gasteiger partial charge in [-0.1, -0.05) is 28.1 Å². The fourth-order valence-corrected chi connectivity index (χ4v) is 5.28. The molecule has 7 nitrogen and oxygen atoms in total. The molecule has 9 heteroatoms.